The van der Waals surface area contributed by atoms with Gasteiger partial charge in [0, 0.05) is 6.04 Å². The number of hydrogen-bond donors (Lipinski definition) is 2. The molecule has 0 bridgehead atoms. The largest absolute Gasteiger partial charge is 0.506 e. The predicted octanol–water partition coefficient (Wildman–Crippen LogP) is 3.87. The van der Waals surface area contributed by atoms with Gasteiger partial charge in [-0.3, -0.25) is 14.2 Å². The fourth-order valence-electron chi connectivity index (χ4n) is 3.05. The van der Waals surface area contributed by atoms with E-state index < -0.39 is 0 Å². The molecule has 0 aliphatic heterocycles. The van der Waals surface area contributed by atoms with Crippen molar-refractivity contribution in [2.45, 2.75) is 31.0 Å². The highest BCUT2D eigenvalue weighted by Crippen LogP contribution is 2.40. The van der Waals surface area contributed by atoms with Gasteiger partial charge in [-0.25, -0.2) is 4.98 Å². The van der Waals surface area contributed by atoms with Crippen LogP contribution in [0.1, 0.15) is 25.8 Å². The Morgan fingerprint density at radius 3 is 2.93 bits per heavy atom. The van der Waals surface area contributed by atoms with Crippen molar-refractivity contribution >= 4 is 44.9 Å². The molecule has 140 valence electrons. The van der Waals surface area contributed by atoms with Crippen LogP contribution in [-0.2, 0) is 4.79 Å². The number of benzene rings is 1. The van der Waals surface area contributed by atoms with Crippen LogP contribution in [0.15, 0.2) is 45.7 Å². The van der Waals surface area contributed by atoms with E-state index in [2.05, 4.69) is 10.3 Å². The minimum Gasteiger partial charge on any atom is -0.506 e. The topological polar surface area (TPSA) is 84.2 Å². The van der Waals surface area contributed by atoms with E-state index in [9.17, 15) is 14.7 Å². The monoisotopic (exact) mass is 401 g/mol. The predicted molar refractivity (Wildman–Crippen MR) is 109 cm³/mol. The molecule has 0 saturated heterocycles. The molecule has 3 aromatic rings. The molecule has 1 aromatic carbocycles. The van der Waals surface area contributed by atoms with Crippen LogP contribution in [0.3, 0.4) is 0 Å². The number of phenols is 1. The molecule has 2 N–H and O–H groups in total. The molecule has 1 aliphatic carbocycles. The van der Waals surface area contributed by atoms with E-state index >= 15 is 0 Å². The van der Waals surface area contributed by atoms with Gasteiger partial charge in [-0.1, -0.05) is 23.9 Å². The molecule has 1 atom stereocenters. The Bertz CT molecular complexity index is 1060. The van der Waals surface area contributed by atoms with Crippen LogP contribution in [-0.4, -0.2) is 26.3 Å². The number of aromatic nitrogens is 2. The summed E-state index contributed by atoms with van der Waals surface area (Å²) in [6.45, 7) is 2.05. The number of nitrogens with zero attached hydrogens (tertiary/aromatic N) is 2. The van der Waals surface area contributed by atoms with Crippen LogP contribution >= 0.6 is 23.1 Å². The summed E-state index contributed by atoms with van der Waals surface area (Å²) in [6, 6.07) is 8.47. The lowest BCUT2D eigenvalue weighted by Gasteiger charge is -2.18. The van der Waals surface area contributed by atoms with Crippen molar-refractivity contribution in [2.75, 3.05) is 11.1 Å². The van der Waals surface area contributed by atoms with Gasteiger partial charge in [-0.2, -0.15) is 0 Å². The third kappa shape index (κ3) is 3.72. The third-order valence-electron chi connectivity index (χ3n) is 4.72. The molecule has 6 nitrogen and oxygen atoms in total. The van der Waals surface area contributed by atoms with Gasteiger partial charge in [0.2, 0.25) is 5.91 Å². The van der Waals surface area contributed by atoms with Crippen LogP contribution in [0.25, 0.3) is 10.2 Å². The van der Waals surface area contributed by atoms with Crippen LogP contribution < -0.4 is 10.9 Å². The number of thiophene rings is 1. The maximum atomic E-state index is 12.9. The lowest BCUT2D eigenvalue weighted by atomic mass is 10.2. The Labute approximate surface area is 164 Å². The number of aromatic hydroxyl groups is 1. The number of nitrogens with one attached hydrogen (secondary N) is 1. The third-order valence-corrected chi connectivity index (χ3v) is 6.48. The van der Waals surface area contributed by atoms with Gasteiger partial charge in [0.1, 0.15) is 10.6 Å². The molecule has 8 heteroatoms. The van der Waals surface area contributed by atoms with E-state index in [-0.39, 0.29) is 29.0 Å². The van der Waals surface area contributed by atoms with E-state index in [1.807, 2.05) is 18.4 Å². The van der Waals surface area contributed by atoms with E-state index in [0.29, 0.717) is 27.0 Å². The first kappa shape index (κ1) is 18.1. The summed E-state index contributed by atoms with van der Waals surface area (Å²) in [6.07, 6.45) is 2.24. The lowest BCUT2D eigenvalue weighted by Crippen LogP contribution is -2.27. The molecule has 2 aromatic heterocycles. The second-order valence-electron chi connectivity index (χ2n) is 6.64. The molecule has 1 unspecified atom stereocenters. The van der Waals surface area contributed by atoms with Crippen molar-refractivity contribution in [2.24, 2.45) is 5.92 Å². The smallest absolute Gasteiger partial charge is 0.263 e. The number of rotatable bonds is 6. The van der Waals surface area contributed by atoms with Gasteiger partial charge >= 0.3 is 0 Å². The number of hydrogen-bond acceptors (Lipinski definition) is 6. The minimum atomic E-state index is -0.257. The number of carbonyl (C=O) groups is 1. The molecule has 1 fully saturated rings. The van der Waals surface area contributed by atoms with Crippen LogP contribution in [0.4, 0.5) is 5.69 Å². The van der Waals surface area contributed by atoms with Crippen molar-refractivity contribution < 1.29 is 9.90 Å². The molecule has 1 aliphatic rings. The van der Waals surface area contributed by atoms with Crippen molar-refractivity contribution in [1.82, 2.24) is 9.55 Å². The van der Waals surface area contributed by atoms with E-state index in [0.717, 1.165) is 12.8 Å². The van der Waals surface area contributed by atoms with Gasteiger partial charge in [0.25, 0.3) is 5.56 Å². The highest BCUT2D eigenvalue weighted by atomic mass is 32.2. The first-order chi connectivity index (χ1) is 13.0. The van der Waals surface area contributed by atoms with E-state index in [4.69, 9.17) is 0 Å². The average Bonchev–Trinajstić information content (AvgIpc) is 3.39. The summed E-state index contributed by atoms with van der Waals surface area (Å²) in [5.41, 5.74) is 0.331. The fraction of sp³-hybridized carbons (Fsp3) is 0.316. The Hall–Kier alpha value is -2.32. The van der Waals surface area contributed by atoms with Crippen LogP contribution in [0, 0.1) is 5.92 Å². The van der Waals surface area contributed by atoms with Crippen molar-refractivity contribution in [3.05, 3.63) is 46.1 Å². The molecule has 1 saturated carbocycles. The molecule has 0 radical (unpaired) electrons. The van der Waals surface area contributed by atoms with Crippen molar-refractivity contribution in [3.8, 4) is 5.75 Å². The normalized spacial score (nSPS) is 15.0. The fourth-order valence-corrected chi connectivity index (χ4v) is 4.74. The molecular formula is C19H19N3O3S2. The Morgan fingerprint density at radius 2 is 2.19 bits per heavy atom. The molecule has 1 amide bonds. The standard InChI is InChI=1S/C19H19N3O3S2/c1-11(12-6-7-12)22-18(25)13-8-9-26-17(13)21-19(22)27-10-16(24)20-14-4-2-3-5-15(14)23/h2-5,8-9,11-12,23H,6-7,10H2,1H3,(H,20,24). The second kappa shape index (κ2) is 7.36. The molecule has 0 spiro atoms. The van der Waals surface area contributed by atoms with Gasteiger partial charge in [0.15, 0.2) is 5.16 Å². The van der Waals surface area contributed by atoms with Gasteiger partial charge in [-0.15, -0.1) is 11.3 Å². The maximum Gasteiger partial charge on any atom is 0.263 e. The first-order valence-electron chi connectivity index (χ1n) is 8.75. The number of carbonyl (C=O) groups excluding carboxylic acids is 1. The number of thioether (sulfide) groups is 1. The van der Waals surface area contributed by atoms with Crippen LogP contribution in [0.2, 0.25) is 0 Å². The number of fused-ring (bicyclic) bond motifs is 1. The van der Waals surface area contributed by atoms with Gasteiger partial charge < -0.3 is 10.4 Å². The quantitative estimate of drug-likeness (QED) is 0.372. The van der Waals surface area contributed by atoms with E-state index in [1.165, 1.54) is 29.2 Å². The zero-order valence-electron chi connectivity index (χ0n) is 14.7. The lowest BCUT2D eigenvalue weighted by molar-refractivity contribution is -0.113. The van der Waals surface area contributed by atoms with Gasteiger partial charge in [0.05, 0.1) is 16.8 Å². The second-order valence-corrected chi connectivity index (χ2v) is 8.48. The Balaban J connectivity index is 1.57. The van der Waals surface area contributed by atoms with E-state index in [1.54, 1.807) is 22.8 Å². The molecule has 4 rings (SSSR count). The summed E-state index contributed by atoms with van der Waals surface area (Å²) in [5.74, 6) is 0.366. The number of para-hydroxylation sites is 2. The summed E-state index contributed by atoms with van der Waals surface area (Å²) in [7, 11) is 0. The van der Waals surface area contributed by atoms with Crippen molar-refractivity contribution in [1.29, 1.82) is 0 Å². The SMILES string of the molecule is CC(C1CC1)n1c(SCC(=O)Nc2ccccc2O)nc2sccc2c1=O. The summed E-state index contributed by atoms with van der Waals surface area (Å²) < 4.78 is 1.74. The van der Waals surface area contributed by atoms with Gasteiger partial charge in [-0.05, 0) is 49.3 Å². The van der Waals surface area contributed by atoms with Crippen LogP contribution in [0.5, 0.6) is 5.75 Å². The highest BCUT2D eigenvalue weighted by molar-refractivity contribution is 7.99. The molecule has 2 heterocycles. The zero-order valence-corrected chi connectivity index (χ0v) is 16.3. The van der Waals surface area contributed by atoms with Crippen molar-refractivity contribution in [3.63, 3.8) is 0 Å². The zero-order chi connectivity index (χ0) is 19.0. The highest BCUT2D eigenvalue weighted by Gasteiger charge is 2.32. The Kier molecular flexibility index (Phi) is 4.92. The molecule has 27 heavy (non-hydrogen) atoms. The average molecular weight is 402 g/mol. The minimum absolute atomic E-state index is 0.0215. The first-order valence-corrected chi connectivity index (χ1v) is 10.6. The summed E-state index contributed by atoms with van der Waals surface area (Å²) >= 11 is 2.68. The number of amides is 1. The summed E-state index contributed by atoms with van der Waals surface area (Å²) in [4.78, 5) is 30.6. The maximum absolute atomic E-state index is 12.9. The summed E-state index contributed by atoms with van der Waals surface area (Å²) in [5, 5.41) is 15.5. The number of phenolic OH excluding ortho intramolecular Hbond substituents is 1. The molecular weight excluding hydrogens is 382 g/mol. The Morgan fingerprint density at radius 1 is 1.41 bits per heavy atom. The number of anilines is 1.